The van der Waals surface area contributed by atoms with Gasteiger partial charge in [0.15, 0.2) is 0 Å². The lowest BCUT2D eigenvalue weighted by atomic mass is 10.1. The highest BCUT2D eigenvalue weighted by atomic mass is 127. The molecule has 0 bridgehead atoms. The molecule has 0 fully saturated rings. The van der Waals surface area contributed by atoms with Gasteiger partial charge in [0.05, 0.1) is 11.9 Å². The van der Waals surface area contributed by atoms with E-state index >= 15 is 0 Å². The van der Waals surface area contributed by atoms with Gasteiger partial charge >= 0.3 is 0 Å². The van der Waals surface area contributed by atoms with Crippen LogP contribution in [0.3, 0.4) is 0 Å². The van der Waals surface area contributed by atoms with Crippen LogP contribution >= 0.6 is 45.8 Å². The quantitative estimate of drug-likeness (QED) is 0.256. The van der Waals surface area contributed by atoms with E-state index in [9.17, 15) is 18.0 Å². The summed E-state index contributed by atoms with van der Waals surface area (Å²) in [5, 5.41) is 3.68. The third kappa shape index (κ3) is 8.80. The molecule has 7 nitrogen and oxygen atoms in total. The highest BCUT2D eigenvalue weighted by Crippen LogP contribution is 2.25. The molecule has 2 rings (SSSR count). The van der Waals surface area contributed by atoms with E-state index in [0.29, 0.717) is 34.3 Å². The first-order chi connectivity index (χ1) is 16.5. The van der Waals surface area contributed by atoms with Crippen molar-refractivity contribution in [1.82, 2.24) is 10.2 Å². The molecule has 0 aliphatic carbocycles. The average Bonchev–Trinajstić information content (AvgIpc) is 2.78. The summed E-state index contributed by atoms with van der Waals surface area (Å²) in [5.74, 6) is -0.808. The molecule has 0 aliphatic rings. The second-order valence-electron chi connectivity index (χ2n) is 8.07. The van der Waals surface area contributed by atoms with E-state index in [4.69, 9.17) is 23.2 Å². The second-order valence-corrected chi connectivity index (χ2v) is 12.1. The summed E-state index contributed by atoms with van der Waals surface area (Å²) in [5.41, 5.74) is 0.968. The van der Waals surface area contributed by atoms with Gasteiger partial charge in [-0.3, -0.25) is 13.9 Å². The summed E-state index contributed by atoms with van der Waals surface area (Å²) in [6.45, 7) is 3.89. The highest BCUT2D eigenvalue weighted by Gasteiger charge is 2.32. The van der Waals surface area contributed by atoms with E-state index in [1.807, 2.05) is 6.92 Å². The van der Waals surface area contributed by atoms with Gasteiger partial charge in [0.25, 0.3) is 0 Å². The number of hydrogen-bond donors (Lipinski definition) is 1. The number of rotatable bonds is 12. The second kappa shape index (κ2) is 13.7. The van der Waals surface area contributed by atoms with Crippen molar-refractivity contribution in [3.05, 3.63) is 61.6 Å². The van der Waals surface area contributed by atoms with E-state index in [1.165, 1.54) is 4.90 Å². The van der Waals surface area contributed by atoms with E-state index in [1.54, 1.807) is 49.4 Å². The molecule has 1 N–H and O–H groups in total. The topological polar surface area (TPSA) is 86.8 Å². The number of benzene rings is 2. The normalized spacial score (nSPS) is 12.2. The number of sulfonamides is 1. The van der Waals surface area contributed by atoms with Gasteiger partial charge in [-0.15, -0.1) is 0 Å². The van der Waals surface area contributed by atoms with Crippen molar-refractivity contribution in [3.8, 4) is 0 Å². The third-order valence-corrected chi connectivity index (χ3v) is 7.81. The number of amides is 2. The van der Waals surface area contributed by atoms with Crippen molar-refractivity contribution in [2.75, 3.05) is 23.7 Å². The number of nitrogens with one attached hydrogen (secondary N) is 1. The van der Waals surface area contributed by atoms with Crippen LogP contribution in [-0.2, 0) is 26.2 Å². The van der Waals surface area contributed by atoms with Crippen molar-refractivity contribution in [2.45, 2.75) is 45.7 Å². The lowest BCUT2D eigenvalue weighted by Crippen LogP contribution is -2.52. The van der Waals surface area contributed by atoms with E-state index in [2.05, 4.69) is 27.9 Å². The number of anilines is 1. The smallest absolute Gasteiger partial charge is 0.244 e. The Morgan fingerprint density at radius 1 is 1.09 bits per heavy atom. The van der Waals surface area contributed by atoms with Crippen LogP contribution in [-0.4, -0.2) is 50.5 Å². The molecule has 0 spiro atoms. The predicted octanol–water partition coefficient (Wildman–Crippen LogP) is 5.09. The van der Waals surface area contributed by atoms with Crippen molar-refractivity contribution < 1.29 is 18.0 Å². The van der Waals surface area contributed by atoms with Crippen LogP contribution < -0.4 is 9.62 Å². The minimum atomic E-state index is -3.78. The zero-order chi connectivity index (χ0) is 26.2. The van der Waals surface area contributed by atoms with Crippen LogP contribution in [0, 0.1) is 3.57 Å². The SMILES string of the molecule is CCCCNC(=O)C(CC)N(Cc1ccc(Cl)cc1Cl)C(=O)CN(c1ccc(I)cc1)S(C)(=O)=O. The van der Waals surface area contributed by atoms with Gasteiger partial charge in [-0.2, -0.15) is 0 Å². The van der Waals surface area contributed by atoms with Crippen LogP contribution in [0.15, 0.2) is 42.5 Å². The third-order valence-electron chi connectivity index (χ3n) is 5.37. The number of carbonyl (C=O) groups excluding carboxylic acids is 2. The Bertz CT molecular complexity index is 1130. The van der Waals surface area contributed by atoms with Gasteiger partial charge in [0.2, 0.25) is 21.8 Å². The van der Waals surface area contributed by atoms with Crippen LogP contribution in [0.5, 0.6) is 0 Å². The van der Waals surface area contributed by atoms with Gasteiger partial charge in [-0.25, -0.2) is 8.42 Å². The number of hydrogen-bond acceptors (Lipinski definition) is 4. The van der Waals surface area contributed by atoms with E-state index in [0.717, 1.165) is 27.0 Å². The molecule has 1 unspecified atom stereocenters. The van der Waals surface area contributed by atoms with Gasteiger partial charge in [-0.1, -0.05) is 49.5 Å². The molecule has 35 heavy (non-hydrogen) atoms. The van der Waals surface area contributed by atoms with Gasteiger partial charge < -0.3 is 10.2 Å². The summed E-state index contributed by atoms with van der Waals surface area (Å²) in [7, 11) is -3.78. The Kier molecular flexibility index (Phi) is 11.6. The Hall–Kier alpha value is -1.56. The van der Waals surface area contributed by atoms with Gasteiger partial charge in [0, 0.05) is 26.7 Å². The fraction of sp³-hybridized carbons (Fsp3) is 0.417. The molecule has 2 aromatic carbocycles. The van der Waals surface area contributed by atoms with Crippen LogP contribution in [0.4, 0.5) is 5.69 Å². The first-order valence-electron chi connectivity index (χ1n) is 11.2. The fourth-order valence-corrected chi connectivity index (χ4v) is 5.16. The Labute approximate surface area is 231 Å². The largest absolute Gasteiger partial charge is 0.354 e. The molecular formula is C24H30Cl2IN3O4S. The minimum absolute atomic E-state index is 0.0266. The average molecular weight is 654 g/mol. The zero-order valence-electron chi connectivity index (χ0n) is 19.9. The lowest BCUT2D eigenvalue weighted by Gasteiger charge is -2.33. The molecule has 0 saturated carbocycles. The van der Waals surface area contributed by atoms with E-state index < -0.39 is 28.5 Å². The summed E-state index contributed by atoms with van der Waals surface area (Å²) < 4.78 is 27.2. The molecule has 1 atom stereocenters. The van der Waals surface area contributed by atoms with Crippen molar-refractivity contribution >= 4 is 73.3 Å². The standard InChI is InChI=1S/C24H30Cl2IN3O4S/c1-4-6-13-28-24(32)22(5-2)29(15-17-7-8-18(25)14-21(17)26)23(31)16-30(35(3,33)34)20-11-9-19(27)10-12-20/h7-12,14,22H,4-6,13,15-16H2,1-3H3,(H,28,32). The van der Waals surface area contributed by atoms with Crippen molar-refractivity contribution in [2.24, 2.45) is 0 Å². The summed E-state index contributed by atoms with van der Waals surface area (Å²) in [6, 6.07) is 10.9. The molecule has 2 aromatic rings. The molecule has 2 amide bonds. The maximum Gasteiger partial charge on any atom is 0.244 e. The zero-order valence-corrected chi connectivity index (χ0v) is 24.4. The molecular weight excluding hydrogens is 624 g/mol. The Balaban J connectivity index is 2.43. The molecule has 0 saturated heterocycles. The summed E-state index contributed by atoms with van der Waals surface area (Å²) in [4.78, 5) is 28.0. The van der Waals surface area contributed by atoms with E-state index in [-0.39, 0.29) is 12.5 Å². The number of carbonyl (C=O) groups is 2. The highest BCUT2D eigenvalue weighted by molar-refractivity contribution is 14.1. The molecule has 11 heteroatoms. The fourth-order valence-electron chi connectivity index (χ4n) is 3.48. The molecule has 0 aromatic heterocycles. The van der Waals surface area contributed by atoms with Crippen LogP contribution in [0.2, 0.25) is 10.0 Å². The molecule has 0 radical (unpaired) electrons. The molecule has 192 valence electrons. The number of halogens is 3. The number of unbranched alkanes of at least 4 members (excludes halogenated alkanes) is 1. The molecule has 0 heterocycles. The monoisotopic (exact) mass is 653 g/mol. The molecule has 0 aliphatic heterocycles. The Morgan fingerprint density at radius 2 is 1.74 bits per heavy atom. The summed E-state index contributed by atoms with van der Waals surface area (Å²) >= 11 is 14.5. The lowest BCUT2D eigenvalue weighted by molar-refractivity contribution is -0.140. The van der Waals surface area contributed by atoms with Gasteiger partial charge in [0.1, 0.15) is 12.6 Å². The maximum absolute atomic E-state index is 13.6. The minimum Gasteiger partial charge on any atom is -0.354 e. The first kappa shape index (κ1) is 29.7. The van der Waals surface area contributed by atoms with Crippen LogP contribution in [0.1, 0.15) is 38.7 Å². The predicted molar refractivity (Wildman–Crippen MR) is 150 cm³/mol. The maximum atomic E-state index is 13.6. The number of nitrogens with zero attached hydrogens (tertiary/aromatic N) is 2. The van der Waals surface area contributed by atoms with Crippen molar-refractivity contribution in [3.63, 3.8) is 0 Å². The van der Waals surface area contributed by atoms with Gasteiger partial charge in [-0.05, 0) is 77.4 Å². The Morgan fingerprint density at radius 3 is 2.29 bits per heavy atom. The summed E-state index contributed by atoms with van der Waals surface area (Å²) in [6.07, 6.45) is 3.12. The first-order valence-corrected chi connectivity index (χ1v) is 14.9. The van der Waals surface area contributed by atoms with Crippen molar-refractivity contribution in [1.29, 1.82) is 0 Å². The van der Waals surface area contributed by atoms with Crippen LogP contribution in [0.25, 0.3) is 0 Å².